The molecule has 0 saturated heterocycles. The fraction of sp³-hybridized carbons (Fsp3) is 0.250. The van der Waals surface area contributed by atoms with Crippen molar-refractivity contribution in [2.24, 2.45) is 5.10 Å². The Morgan fingerprint density at radius 2 is 2.38 bits per heavy atom. The van der Waals surface area contributed by atoms with Crippen LogP contribution >= 0.6 is 27.3 Å². The van der Waals surface area contributed by atoms with Gasteiger partial charge in [0.05, 0.1) is 10.6 Å². The average molecular weight is 259 g/mol. The summed E-state index contributed by atoms with van der Waals surface area (Å²) >= 11 is 5.06. The molecule has 0 unspecified atom stereocenters. The third-order valence-corrected chi connectivity index (χ3v) is 3.67. The van der Waals surface area contributed by atoms with Crippen LogP contribution in [0.15, 0.2) is 21.0 Å². The monoisotopic (exact) mass is 258 g/mol. The largest absolute Gasteiger partial charge is 0.273 e. The van der Waals surface area contributed by atoms with Gasteiger partial charge in [-0.15, -0.1) is 11.3 Å². The molecule has 1 aromatic rings. The number of thiophene rings is 1. The Kier molecular flexibility index (Phi) is 2.46. The highest BCUT2D eigenvalue weighted by molar-refractivity contribution is 9.10. The van der Waals surface area contributed by atoms with Gasteiger partial charge in [-0.1, -0.05) is 0 Å². The van der Waals surface area contributed by atoms with Crippen LogP contribution < -0.4 is 5.43 Å². The summed E-state index contributed by atoms with van der Waals surface area (Å²) in [7, 11) is 0. The zero-order chi connectivity index (χ0) is 9.26. The van der Waals surface area contributed by atoms with Crippen molar-refractivity contribution in [1.82, 2.24) is 5.43 Å². The molecule has 2 rings (SSSR count). The van der Waals surface area contributed by atoms with Crippen molar-refractivity contribution in [1.29, 1.82) is 0 Å². The van der Waals surface area contributed by atoms with Gasteiger partial charge in [0.1, 0.15) is 0 Å². The second-order valence-corrected chi connectivity index (χ2v) is 4.46. The lowest BCUT2D eigenvalue weighted by atomic mass is 10.1. The molecule has 0 radical (unpaired) electrons. The van der Waals surface area contributed by atoms with E-state index >= 15 is 0 Å². The first-order valence-corrected chi connectivity index (χ1v) is 5.53. The van der Waals surface area contributed by atoms with Crippen molar-refractivity contribution in [2.45, 2.75) is 12.8 Å². The fourth-order valence-electron chi connectivity index (χ4n) is 1.14. The molecule has 13 heavy (non-hydrogen) atoms. The van der Waals surface area contributed by atoms with E-state index in [2.05, 4.69) is 26.5 Å². The highest BCUT2D eigenvalue weighted by Crippen LogP contribution is 2.25. The van der Waals surface area contributed by atoms with Crippen molar-refractivity contribution in [3.8, 4) is 0 Å². The molecule has 0 aromatic carbocycles. The lowest BCUT2D eigenvalue weighted by molar-refractivity contribution is -0.121. The molecule has 0 atom stereocenters. The van der Waals surface area contributed by atoms with E-state index in [0.29, 0.717) is 6.42 Å². The van der Waals surface area contributed by atoms with Crippen LogP contribution in [0.4, 0.5) is 0 Å². The van der Waals surface area contributed by atoms with Gasteiger partial charge in [0.2, 0.25) is 5.91 Å². The van der Waals surface area contributed by atoms with Crippen LogP contribution in [0.5, 0.6) is 0 Å². The first-order chi connectivity index (χ1) is 6.27. The molecular formula is C8H7BrN2OS. The van der Waals surface area contributed by atoms with Crippen LogP contribution in [-0.2, 0) is 4.79 Å². The smallest absolute Gasteiger partial charge is 0.240 e. The highest BCUT2D eigenvalue weighted by Gasteiger charge is 2.15. The third-order valence-electron chi connectivity index (χ3n) is 1.78. The molecule has 1 aliphatic rings. The summed E-state index contributed by atoms with van der Waals surface area (Å²) < 4.78 is 1.05. The molecule has 2 heterocycles. The zero-order valence-electron chi connectivity index (χ0n) is 6.71. The van der Waals surface area contributed by atoms with Crippen molar-refractivity contribution in [3.63, 3.8) is 0 Å². The first-order valence-electron chi connectivity index (χ1n) is 3.86. The second kappa shape index (κ2) is 3.59. The Morgan fingerprint density at radius 3 is 2.92 bits per heavy atom. The molecule has 0 fully saturated rings. The summed E-state index contributed by atoms with van der Waals surface area (Å²) in [6.45, 7) is 0. The van der Waals surface area contributed by atoms with Gasteiger partial charge in [-0.2, -0.15) is 5.10 Å². The number of carbonyl (C=O) groups excluding carboxylic acids is 1. The predicted octanol–water partition coefficient (Wildman–Crippen LogP) is 2.12. The second-order valence-electron chi connectivity index (χ2n) is 2.69. The van der Waals surface area contributed by atoms with Crippen LogP contribution in [0.1, 0.15) is 17.7 Å². The van der Waals surface area contributed by atoms with E-state index in [-0.39, 0.29) is 5.91 Å². The van der Waals surface area contributed by atoms with E-state index in [1.807, 2.05) is 11.4 Å². The summed E-state index contributed by atoms with van der Waals surface area (Å²) in [6.07, 6.45) is 1.26. The van der Waals surface area contributed by atoms with Crippen LogP contribution in [-0.4, -0.2) is 11.6 Å². The van der Waals surface area contributed by atoms with Crippen LogP contribution in [0.2, 0.25) is 0 Å². The maximum atomic E-state index is 10.8. The SMILES string of the molecule is O=C1CCC(c2sccc2Br)=NN1. The number of hydrogen-bond donors (Lipinski definition) is 1. The van der Waals surface area contributed by atoms with E-state index in [1.54, 1.807) is 11.3 Å². The quantitative estimate of drug-likeness (QED) is 0.824. The molecule has 68 valence electrons. The van der Waals surface area contributed by atoms with Gasteiger partial charge in [-0.3, -0.25) is 4.79 Å². The number of amides is 1. The Balaban J connectivity index is 2.28. The topological polar surface area (TPSA) is 41.5 Å². The highest BCUT2D eigenvalue weighted by atomic mass is 79.9. The van der Waals surface area contributed by atoms with Gasteiger partial charge in [0.15, 0.2) is 0 Å². The van der Waals surface area contributed by atoms with E-state index < -0.39 is 0 Å². The number of halogens is 1. The van der Waals surface area contributed by atoms with Crippen molar-refractivity contribution >= 4 is 38.9 Å². The van der Waals surface area contributed by atoms with E-state index in [0.717, 1.165) is 21.5 Å². The normalized spacial score (nSPS) is 16.7. The molecule has 1 aliphatic heterocycles. The predicted molar refractivity (Wildman–Crippen MR) is 55.9 cm³/mol. The number of hydrazone groups is 1. The first kappa shape index (κ1) is 8.90. The van der Waals surface area contributed by atoms with Gasteiger partial charge in [-0.25, -0.2) is 5.43 Å². The van der Waals surface area contributed by atoms with Gasteiger partial charge in [-0.05, 0) is 27.4 Å². The lowest BCUT2D eigenvalue weighted by Crippen LogP contribution is -2.25. The summed E-state index contributed by atoms with van der Waals surface area (Å²) in [5, 5.41) is 6.01. The molecule has 1 amide bonds. The van der Waals surface area contributed by atoms with Crippen LogP contribution in [0, 0.1) is 0 Å². The molecule has 5 heteroatoms. The van der Waals surface area contributed by atoms with Gasteiger partial charge in [0.25, 0.3) is 0 Å². The van der Waals surface area contributed by atoms with E-state index in [1.165, 1.54) is 0 Å². The third kappa shape index (κ3) is 1.81. The number of nitrogens with one attached hydrogen (secondary N) is 1. The fourth-order valence-corrected chi connectivity index (χ4v) is 2.76. The molecule has 1 aromatic heterocycles. The lowest BCUT2D eigenvalue weighted by Gasteiger charge is -2.10. The Hall–Kier alpha value is -0.680. The number of rotatable bonds is 1. The van der Waals surface area contributed by atoms with Crippen LogP contribution in [0.25, 0.3) is 0 Å². The maximum Gasteiger partial charge on any atom is 0.240 e. The Bertz CT molecular complexity index is 372. The van der Waals surface area contributed by atoms with E-state index in [4.69, 9.17) is 0 Å². The minimum absolute atomic E-state index is 0.00331. The summed E-state index contributed by atoms with van der Waals surface area (Å²) in [5.74, 6) is -0.00331. The number of carbonyl (C=O) groups is 1. The molecule has 0 bridgehead atoms. The molecular weight excluding hydrogens is 252 g/mol. The van der Waals surface area contributed by atoms with Crippen molar-refractivity contribution in [3.05, 3.63) is 20.8 Å². The van der Waals surface area contributed by atoms with Crippen LogP contribution in [0.3, 0.4) is 0 Å². The number of nitrogens with zero attached hydrogens (tertiary/aromatic N) is 1. The van der Waals surface area contributed by atoms with Crippen molar-refractivity contribution in [2.75, 3.05) is 0 Å². The maximum absolute atomic E-state index is 10.8. The van der Waals surface area contributed by atoms with E-state index in [9.17, 15) is 4.79 Å². The molecule has 1 N–H and O–H groups in total. The summed E-state index contributed by atoms with van der Waals surface area (Å²) in [5.41, 5.74) is 3.44. The average Bonchev–Trinajstić information content (AvgIpc) is 2.53. The molecule has 0 saturated carbocycles. The molecule has 0 spiro atoms. The standard InChI is InChI=1S/C8H7BrN2OS/c9-5-3-4-13-8(5)6-1-2-7(12)11-10-6/h3-4H,1-2H2,(H,11,12). The van der Waals surface area contributed by atoms with Crippen molar-refractivity contribution < 1.29 is 4.79 Å². The Labute approximate surface area is 88.0 Å². The molecule has 0 aliphatic carbocycles. The van der Waals surface area contributed by atoms with Gasteiger partial charge >= 0.3 is 0 Å². The minimum atomic E-state index is -0.00331. The van der Waals surface area contributed by atoms with Gasteiger partial charge < -0.3 is 0 Å². The molecule has 3 nitrogen and oxygen atoms in total. The zero-order valence-corrected chi connectivity index (χ0v) is 9.11. The minimum Gasteiger partial charge on any atom is -0.273 e. The number of hydrogen-bond acceptors (Lipinski definition) is 3. The Morgan fingerprint density at radius 1 is 1.54 bits per heavy atom. The summed E-state index contributed by atoms with van der Waals surface area (Å²) in [6, 6.07) is 1.99. The summed E-state index contributed by atoms with van der Waals surface area (Å²) in [4.78, 5) is 11.9. The van der Waals surface area contributed by atoms with Gasteiger partial charge in [0, 0.05) is 17.3 Å².